The Morgan fingerprint density at radius 1 is 0.968 bits per heavy atom. The lowest BCUT2D eigenvalue weighted by Gasteiger charge is -2.39. The molecular formula is C43H58N4O15S. The molecule has 0 aromatic heterocycles. The van der Waals surface area contributed by atoms with Crippen molar-refractivity contribution in [3.8, 4) is 23.0 Å². The number of carbonyl (C=O) groups excluding carboxylic acids is 3. The van der Waals surface area contributed by atoms with Crippen molar-refractivity contribution in [2.45, 2.75) is 85.6 Å². The minimum absolute atomic E-state index is 0.00789. The molecule has 63 heavy (non-hydrogen) atoms. The van der Waals surface area contributed by atoms with Gasteiger partial charge in [-0.25, -0.2) is 4.18 Å². The van der Waals surface area contributed by atoms with Gasteiger partial charge in [0.05, 0.1) is 53.0 Å². The van der Waals surface area contributed by atoms with E-state index in [1.54, 1.807) is 24.9 Å². The Labute approximate surface area is 366 Å². The lowest BCUT2D eigenvalue weighted by molar-refractivity contribution is -0.159. The van der Waals surface area contributed by atoms with Crippen LogP contribution in [0.1, 0.15) is 70.0 Å². The number of ether oxygens (including phenoxy) is 4. The van der Waals surface area contributed by atoms with Crippen LogP contribution in [-0.2, 0) is 38.4 Å². The molecule has 4 heterocycles. The third-order valence-corrected chi connectivity index (χ3v) is 12.5. The lowest BCUT2D eigenvalue weighted by Crippen LogP contribution is -2.48. The molecule has 20 heteroatoms. The Morgan fingerprint density at radius 2 is 1.62 bits per heavy atom. The number of esters is 1. The molecule has 0 unspecified atom stereocenters. The SMILES string of the molecule is CO[C@H]1/C=C/O[C@@]2(C)Oc3c(C)c(O)c4c(O)c(c(/C=N/N5CCN(C)CC5)c(O)c4c3C2=O)NC(=O)/C(C)=C\C=C\[C@H](C)[C@H](O)[C@@H](C)[C@@H](OS(=O)(=O)O)[C@@H](C)[C@H](OC(C)=O)[C@@H]1C. The first-order valence-corrected chi connectivity index (χ1v) is 21.8. The van der Waals surface area contributed by atoms with Crippen LogP contribution in [0.3, 0.4) is 0 Å². The number of nitrogens with one attached hydrogen (secondary N) is 1. The number of nitrogens with zero attached hydrogens (tertiary/aromatic N) is 3. The number of benzene rings is 2. The van der Waals surface area contributed by atoms with E-state index in [9.17, 15) is 47.8 Å². The fourth-order valence-electron chi connectivity index (χ4n) is 8.22. The number of hydrogen-bond acceptors (Lipinski definition) is 17. The number of phenolic OH excluding ortho intramolecular Hbond substituents is 3. The first-order valence-electron chi connectivity index (χ1n) is 20.4. The van der Waals surface area contributed by atoms with E-state index in [1.165, 1.54) is 66.2 Å². The summed E-state index contributed by atoms with van der Waals surface area (Å²) < 4.78 is 63.0. The lowest BCUT2D eigenvalue weighted by atomic mass is 9.78. The summed E-state index contributed by atoms with van der Waals surface area (Å²) in [5, 5.41) is 55.4. The van der Waals surface area contributed by atoms with Gasteiger partial charge in [-0.15, -0.1) is 0 Å². The largest absolute Gasteiger partial charge is 0.507 e. The second-order valence-electron chi connectivity index (χ2n) is 16.6. The number of carbonyl (C=O) groups is 3. The molecule has 1 fully saturated rings. The number of aliphatic hydroxyl groups excluding tert-OH is 1. The van der Waals surface area contributed by atoms with Crippen LogP contribution in [-0.4, -0.2) is 138 Å². The zero-order chi connectivity index (χ0) is 46.9. The van der Waals surface area contributed by atoms with Crippen LogP contribution in [0.5, 0.6) is 23.0 Å². The van der Waals surface area contributed by atoms with Crippen LogP contribution in [0.4, 0.5) is 5.69 Å². The maximum atomic E-state index is 14.5. The van der Waals surface area contributed by atoms with Gasteiger partial charge >= 0.3 is 22.2 Å². The molecule has 5 bridgehead atoms. The van der Waals surface area contributed by atoms with Gasteiger partial charge in [-0.2, -0.15) is 13.5 Å². The molecule has 2 aromatic rings. The molecule has 19 nitrogen and oxygen atoms in total. The smallest absolute Gasteiger partial charge is 0.397 e. The van der Waals surface area contributed by atoms with Crippen molar-refractivity contribution in [2.75, 3.05) is 45.7 Å². The predicted molar refractivity (Wildman–Crippen MR) is 231 cm³/mol. The van der Waals surface area contributed by atoms with E-state index in [-0.39, 0.29) is 44.5 Å². The van der Waals surface area contributed by atoms with Crippen LogP contribution in [0.2, 0.25) is 0 Å². The quantitative estimate of drug-likeness (QED) is 0.0781. The van der Waals surface area contributed by atoms with E-state index in [0.29, 0.717) is 26.2 Å². The molecule has 6 N–H and O–H groups in total. The maximum Gasteiger partial charge on any atom is 0.397 e. The number of Topliss-reactive ketones (excluding diaryl/α,β-unsaturated/α-hetero) is 1. The molecule has 4 aliphatic heterocycles. The third kappa shape index (κ3) is 10.3. The number of hydrazone groups is 1. The molecule has 6 rings (SSSR count). The van der Waals surface area contributed by atoms with Gasteiger partial charge in [0.15, 0.2) is 5.75 Å². The van der Waals surface area contributed by atoms with Gasteiger partial charge in [0.25, 0.3) is 11.7 Å². The molecule has 1 saturated heterocycles. The summed E-state index contributed by atoms with van der Waals surface area (Å²) >= 11 is 0. The van der Waals surface area contributed by atoms with Crippen molar-refractivity contribution in [3.63, 3.8) is 0 Å². The fourth-order valence-corrected chi connectivity index (χ4v) is 8.86. The normalized spacial score (nSPS) is 31.0. The molecular weight excluding hydrogens is 845 g/mol. The maximum absolute atomic E-state index is 14.5. The van der Waals surface area contributed by atoms with Gasteiger partial charge in [0.2, 0.25) is 0 Å². The summed E-state index contributed by atoms with van der Waals surface area (Å²) in [6, 6.07) is 0. The minimum atomic E-state index is -5.12. The number of hydrogen-bond donors (Lipinski definition) is 6. The molecule has 0 saturated carbocycles. The van der Waals surface area contributed by atoms with Crippen molar-refractivity contribution in [1.29, 1.82) is 0 Å². The summed E-state index contributed by atoms with van der Waals surface area (Å²) in [4.78, 5) is 42.9. The van der Waals surface area contributed by atoms with Gasteiger partial charge in [-0.1, -0.05) is 45.9 Å². The highest BCUT2D eigenvalue weighted by Crippen LogP contribution is 2.55. The van der Waals surface area contributed by atoms with Crippen LogP contribution in [0, 0.1) is 30.6 Å². The number of aliphatic hydroxyl groups is 1. The summed E-state index contributed by atoms with van der Waals surface area (Å²) in [5.74, 6) is -10.0. The monoisotopic (exact) mass is 902 g/mol. The van der Waals surface area contributed by atoms with E-state index in [4.69, 9.17) is 23.1 Å². The number of fused-ring (bicyclic) bond motifs is 14. The zero-order valence-electron chi connectivity index (χ0n) is 37.0. The fraction of sp³-hybridized carbons (Fsp3) is 0.535. The number of phenols is 3. The van der Waals surface area contributed by atoms with Crippen molar-refractivity contribution in [1.82, 2.24) is 9.91 Å². The third-order valence-electron chi connectivity index (χ3n) is 12.1. The Kier molecular flexibility index (Phi) is 14.9. The number of piperazine rings is 1. The molecule has 9 atom stereocenters. The summed E-state index contributed by atoms with van der Waals surface area (Å²) in [6.07, 6.45) is 3.27. The second-order valence-corrected chi connectivity index (χ2v) is 17.7. The molecule has 346 valence electrons. The molecule has 0 radical (unpaired) electrons. The highest BCUT2D eigenvalue weighted by Gasteiger charge is 2.50. The zero-order valence-corrected chi connectivity index (χ0v) is 37.8. The van der Waals surface area contributed by atoms with Crippen LogP contribution >= 0.6 is 0 Å². The summed E-state index contributed by atoms with van der Waals surface area (Å²) in [6.45, 7) is 14.1. The number of allylic oxidation sites excluding steroid dienone is 2. The highest BCUT2D eigenvalue weighted by molar-refractivity contribution is 7.80. The first-order chi connectivity index (χ1) is 29.4. The van der Waals surface area contributed by atoms with Gasteiger partial charge in [-0.05, 0) is 27.0 Å². The molecule has 0 spiro atoms. The number of anilines is 1. The number of amides is 1. The van der Waals surface area contributed by atoms with Crippen molar-refractivity contribution >= 4 is 50.7 Å². The van der Waals surface area contributed by atoms with Crippen LogP contribution in [0.25, 0.3) is 10.8 Å². The number of likely N-dealkylation sites (N-methyl/N-ethyl adjacent to an activating group) is 1. The number of methoxy groups -OCH3 is 1. The summed E-state index contributed by atoms with van der Waals surface area (Å²) in [5.41, 5.74) is -0.641. The predicted octanol–water partition coefficient (Wildman–Crippen LogP) is 4.16. The Morgan fingerprint density at radius 3 is 2.22 bits per heavy atom. The Hall–Kier alpha value is -5.25. The highest BCUT2D eigenvalue weighted by atomic mass is 32.3. The van der Waals surface area contributed by atoms with Crippen LogP contribution in [0.15, 0.2) is 41.2 Å². The van der Waals surface area contributed by atoms with E-state index in [1.807, 2.05) is 7.05 Å². The van der Waals surface area contributed by atoms with Gasteiger partial charge < -0.3 is 49.6 Å². The molecule has 4 aliphatic rings. The number of aromatic hydroxyl groups is 3. The van der Waals surface area contributed by atoms with Crippen molar-refractivity contribution < 1.29 is 70.9 Å². The molecule has 0 aliphatic carbocycles. The number of rotatable bonds is 6. The standard InChI is InChI=1S/C43H58N4O15S/c1-21-12-11-13-22(2)42(54)45-33-28(20-44-47-17-15-46(9)16-18-47)36(51)30-31(37(33)52)35(50)25(5)40-32(30)41(53)43(8,61-40)59-19-14-29(58-10)23(3)38(60-27(7)48)26(6)39(24(4)34(21)49)62-63(55,56)57/h11-14,19-21,23-24,26,29,34,38-39,49-52H,15-18H2,1-10H3,(H,45,54)(H,55,56,57)/b12-11+,19-14+,22-13-,44-20+/t21-,23+,24+,26-,29-,34-,38+,39+,43-/m0/s1. The molecule has 1 amide bonds. The van der Waals surface area contributed by atoms with E-state index >= 15 is 0 Å². The van der Waals surface area contributed by atoms with Crippen LogP contribution < -0.4 is 10.1 Å². The van der Waals surface area contributed by atoms with Crippen molar-refractivity contribution in [3.05, 3.63) is 52.8 Å². The van der Waals surface area contributed by atoms with Crippen molar-refractivity contribution in [2.24, 2.45) is 28.8 Å². The van der Waals surface area contributed by atoms with Gasteiger partial charge in [0.1, 0.15) is 23.4 Å². The summed E-state index contributed by atoms with van der Waals surface area (Å²) in [7, 11) is -1.81. The topological polar surface area (TPSA) is 264 Å². The Bertz CT molecular complexity index is 2340. The average Bonchev–Trinajstić information content (AvgIpc) is 3.48. The van der Waals surface area contributed by atoms with E-state index in [0.717, 1.165) is 13.2 Å². The first kappa shape index (κ1) is 48.8. The minimum Gasteiger partial charge on any atom is -0.507 e. The Balaban J connectivity index is 1.72. The average molecular weight is 903 g/mol. The number of ketones is 1. The molecule has 2 aromatic carbocycles. The van der Waals surface area contributed by atoms with E-state index < -0.39 is 99.2 Å². The van der Waals surface area contributed by atoms with E-state index in [2.05, 4.69) is 15.3 Å². The van der Waals surface area contributed by atoms with Gasteiger partial charge in [-0.3, -0.25) is 23.9 Å². The van der Waals surface area contributed by atoms with Gasteiger partial charge in [0, 0.05) is 87.3 Å². The second kappa shape index (κ2) is 19.2.